The van der Waals surface area contributed by atoms with E-state index < -0.39 is 6.08 Å². The number of aromatic nitrogens is 4. The van der Waals surface area contributed by atoms with Crippen LogP contribution < -0.4 is 10.9 Å². The third-order valence-corrected chi connectivity index (χ3v) is 5.53. The molecule has 2 aromatic heterocycles. The largest absolute Gasteiger partial charge is 0.376 e. The molecular formula is C19H22Cl2N6O2. The van der Waals surface area contributed by atoms with Crippen LogP contribution in [0.4, 0.5) is 5.95 Å². The summed E-state index contributed by atoms with van der Waals surface area (Å²) in [6, 6.07) is 5.33. The summed E-state index contributed by atoms with van der Waals surface area (Å²) in [7, 11) is 0. The van der Waals surface area contributed by atoms with Gasteiger partial charge in [0.2, 0.25) is 5.95 Å². The van der Waals surface area contributed by atoms with Crippen molar-refractivity contribution in [2.45, 2.75) is 26.1 Å². The number of nitrogens with one attached hydrogen (secondary N) is 2. The van der Waals surface area contributed by atoms with Crippen LogP contribution in [0.25, 0.3) is 11.2 Å². The summed E-state index contributed by atoms with van der Waals surface area (Å²) >= 11 is 12.0. The van der Waals surface area contributed by atoms with Gasteiger partial charge in [-0.05, 0) is 24.6 Å². The second-order valence-corrected chi connectivity index (χ2v) is 7.77. The molecule has 0 amide bonds. The average Bonchev–Trinajstić information content (AvgIpc) is 3.10. The second kappa shape index (κ2) is 8.71. The van der Waals surface area contributed by atoms with Crippen molar-refractivity contribution in [2.75, 3.05) is 31.6 Å². The molecule has 0 aliphatic carbocycles. The highest BCUT2D eigenvalue weighted by atomic mass is 35.5. The number of halogens is 2. The fraction of sp³-hybridized carbons (Fsp3) is 0.421. The zero-order chi connectivity index (χ0) is 21.3. The van der Waals surface area contributed by atoms with E-state index in [0.29, 0.717) is 59.9 Å². The number of benzene rings is 1. The number of imidazole rings is 1. The molecular weight excluding hydrogens is 415 g/mol. The topological polar surface area (TPSA) is 88.1 Å². The highest BCUT2D eigenvalue weighted by molar-refractivity contribution is 6.42. The van der Waals surface area contributed by atoms with E-state index in [1.54, 1.807) is 30.0 Å². The Morgan fingerprint density at radius 2 is 2.24 bits per heavy atom. The van der Waals surface area contributed by atoms with Crippen LogP contribution in [0.15, 0.2) is 29.3 Å². The predicted molar refractivity (Wildman–Crippen MR) is 114 cm³/mol. The fourth-order valence-electron chi connectivity index (χ4n) is 3.30. The molecule has 1 atom stereocenters. The van der Waals surface area contributed by atoms with Crippen molar-refractivity contribution in [3.63, 3.8) is 0 Å². The van der Waals surface area contributed by atoms with Crippen molar-refractivity contribution in [3.8, 4) is 0 Å². The van der Waals surface area contributed by atoms with Gasteiger partial charge in [-0.3, -0.25) is 14.7 Å². The Hall–Kier alpha value is -2.13. The molecule has 0 bridgehead atoms. The summed E-state index contributed by atoms with van der Waals surface area (Å²) in [4.78, 5) is 26.3. The summed E-state index contributed by atoms with van der Waals surface area (Å²) in [6.45, 7) is 5.27. The van der Waals surface area contributed by atoms with Gasteiger partial charge in [0, 0.05) is 32.7 Å². The van der Waals surface area contributed by atoms with Crippen LogP contribution in [0.2, 0.25) is 10.0 Å². The minimum absolute atomic E-state index is 0.263. The molecule has 3 heterocycles. The molecule has 1 aliphatic heterocycles. The van der Waals surface area contributed by atoms with E-state index in [1.807, 2.05) is 6.07 Å². The highest BCUT2D eigenvalue weighted by Crippen LogP contribution is 2.22. The molecule has 0 radical (unpaired) electrons. The summed E-state index contributed by atoms with van der Waals surface area (Å²) in [6.07, 6.45) is 0.721. The molecule has 1 fully saturated rings. The summed E-state index contributed by atoms with van der Waals surface area (Å²) in [5.74, 6) is 0.335. The quantitative estimate of drug-likeness (QED) is 0.616. The molecule has 1 unspecified atom stereocenters. The van der Waals surface area contributed by atoms with Crippen molar-refractivity contribution in [2.24, 2.45) is 0 Å². The van der Waals surface area contributed by atoms with Crippen LogP contribution in [0.5, 0.6) is 0 Å². The zero-order valence-corrected chi connectivity index (χ0v) is 17.4. The number of hydrogen-bond acceptors (Lipinski definition) is 6. The van der Waals surface area contributed by atoms with Gasteiger partial charge in [0.1, 0.15) is 0 Å². The van der Waals surface area contributed by atoms with Crippen LogP contribution in [-0.4, -0.2) is 56.7 Å². The maximum Gasteiger partial charge on any atom is 0.278 e. The van der Waals surface area contributed by atoms with Gasteiger partial charge in [0.15, 0.2) is 11.2 Å². The van der Waals surface area contributed by atoms with E-state index in [4.69, 9.17) is 29.3 Å². The maximum atomic E-state index is 12.6. The van der Waals surface area contributed by atoms with E-state index >= 15 is 0 Å². The number of hydrogen-bond donors (Lipinski definition) is 2. The molecule has 1 saturated heterocycles. The SMILES string of the molecule is [2H]C1(C)CN(CCn2cnc3nc(NCc4ccc(Cl)c(Cl)c4)[nH]c(=O)c32)CCO1. The molecule has 2 N–H and O–H groups in total. The Morgan fingerprint density at radius 3 is 3.03 bits per heavy atom. The van der Waals surface area contributed by atoms with Crippen LogP contribution >= 0.6 is 23.2 Å². The Labute approximate surface area is 179 Å². The first kappa shape index (κ1) is 18.9. The van der Waals surface area contributed by atoms with E-state index in [-0.39, 0.29) is 5.56 Å². The first-order valence-corrected chi connectivity index (χ1v) is 10.1. The number of rotatable bonds is 6. The van der Waals surface area contributed by atoms with Crippen LogP contribution in [0.1, 0.15) is 13.9 Å². The number of ether oxygens (including phenoxy) is 1. The van der Waals surface area contributed by atoms with Gasteiger partial charge in [0.25, 0.3) is 5.56 Å². The monoisotopic (exact) mass is 437 g/mol. The Kier molecular flexibility index (Phi) is 5.67. The van der Waals surface area contributed by atoms with E-state index in [1.165, 1.54) is 0 Å². The number of anilines is 1. The first-order valence-electron chi connectivity index (χ1n) is 9.80. The summed E-state index contributed by atoms with van der Waals surface area (Å²) < 4.78 is 15.3. The summed E-state index contributed by atoms with van der Waals surface area (Å²) in [5, 5.41) is 4.04. The molecule has 154 valence electrons. The van der Waals surface area contributed by atoms with Gasteiger partial charge >= 0.3 is 0 Å². The Balaban J connectivity index is 1.45. The third kappa shape index (κ3) is 4.72. The van der Waals surface area contributed by atoms with Gasteiger partial charge in [-0.25, -0.2) is 4.98 Å². The van der Waals surface area contributed by atoms with Crippen LogP contribution in [0, 0.1) is 0 Å². The molecule has 3 aromatic rings. The van der Waals surface area contributed by atoms with Gasteiger partial charge in [-0.2, -0.15) is 4.98 Å². The van der Waals surface area contributed by atoms with Crippen molar-refractivity contribution < 1.29 is 6.11 Å². The minimum Gasteiger partial charge on any atom is -0.376 e. The molecule has 0 spiro atoms. The Bertz CT molecular complexity index is 1120. The normalized spacial score (nSPS) is 20.7. The number of morpholine rings is 1. The van der Waals surface area contributed by atoms with Crippen molar-refractivity contribution >= 4 is 40.3 Å². The van der Waals surface area contributed by atoms with Crippen molar-refractivity contribution in [1.82, 2.24) is 24.4 Å². The molecule has 29 heavy (non-hydrogen) atoms. The van der Waals surface area contributed by atoms with Gasteiger partial charge in [-0.15, -0.1) is 0 Å². The lowest BCUT2D eigenvalue weighted by Crippen LogP contribution is -2.42. The van der Waals surface area contributed by atoms with Gasteiger partial charge in [-0.1, -0.05) is 29.3 Å². The first-order chi connectivity index (χ1) is 14.3. The highest BCUT2D eigenvalue weighted by Gasteiger charge is 2.17. The number of fused-ring (bicyclic) bond motifs is 1. The van der Waals surface area contributed by atoms with Gasteiger partial charge < -0.3 is 14.6 Å². The standard InChI is InChI=1S/C19H22Cl2N6O2/c1-12-10-26(6-7-29-12)4-5-27-11-23-17-16(27)18(28)25-19(24-17)22-9-13-2-3-14(20)15(21)8-13/h2-3,8,11-12H,4-7,9-10H2,1H3,(H2,22,24,25,28)/i12D. The fourth-order valence-corrected chi connectivity index (χ4v) is 3.62. The van der Waals surface area contributed by atoms with Crippen LogP contribution in [0.3, 0.4) is 0 Å². The lowest BCUT2D eigenvalue weighted by molar-refractivity contribution is -0.0190. The van der Waals surface area contributed by atoms with Gasteiger partial charge in [0.05, 0.1) is 30.4 Å². The predicted octanol–water partition coefficient (Wildman–Crippen LogP) is 2.76. The molecule has 10 heteroatoms. The molecule has 4 rings (SSSR count). The average molecular weight is 438 g/mol. The van der Waals surface area contributed by atoms with Crippen LogP contribution in [-0.2, 0) is 17.8 Å². The number of nitrogens with zero attached hydrogens (tertiary/aromatic N) is 4. The molecule has 1 aromatic carbocycles. The lowest BCUT2D eigenvalue weighted by Gasteiger charge is -2.31. The van der Waals surface area contributed by atoms with E-state index in [2.05, 4.69) is 25.2 Å². The molecule has 1 aliphatic rings. The number of H-pyrrole nitrogens is 1. The summed E-state index contributed by atoms with van der Waals surface area (Å²) in [5.41, 5.74) is 1.45. The molecule has 0 saturated carbocycles. The van der Waals surface area contributed by atoms with Crippen molar-refractivity contribution in [1.29, 1.82) is 0 Å². The van der Waals surface area contributed by atoms with E-state index in [9.17, 15) is 4.79 Å². The second-order valence-electron chi connectivity index (χ2n) is 6.95. The third-order valence-electron chi connectivity index (χ3n) is 4.79. The lowest BCUT2D eigenvalue weighted by atomic mass is 10.2. The maximum absolute atomic E-state index is 12.6. The van der Waals surface area contributed by atoms with Crippen molar-refractivity contribution in [3.05, 3.63) is 50.5 Å². The Morgan fingerprint density at radius 1 is 1.38 bits per heavy atom. The smallest absolute Gasteiger partial charge is 0.278 e. The van der Waals surface area contributed by atoms with E-state index in [0.717, 1.165) is 12.1 Å². The minimum atomic E-state index is -0.900. The number of aromatic amines is 1. The zero-order valence-electron chi connectivity index (χ0n) is 16.9. The molecule has 8 nitrogen and oxygen atoms in total.